The molecule has 0 aliphatic rings. The summed E-state index contributed by atoms with van der Waals surface area (Å²) in [5, 5.41) is 30.7. The molecule has 110 valence electrons. The average Bonchev–Trinajstić information content (AvgIpc) is 2.86. The van der Waals surface area contributed by atoms with Gasteiger partial charge in [-0.2, -0.15) is 0 Å². The number of rotatable bonds is 7. The Bertz CT molecular complexity index is 660. The Morgan fingerprint density at radius 1 is 1.43 bits per heavy atom. The van der Waals surface area contributed by atoms with Gasteiger partial charge in [0.05, 0.1) is 4.92 Å². The summed E-state index contributed by atoms with van der Waals surface area (Å²) < 4.78 is 1.17. The van der Waals surface area contributed by atoms with Crippen LogP contribution in [0.25, 0.3) is 0 Å². The van der Waals surface area contributed by atoms with Gasteiger partial charge in [0.15, 0.2) is 0 Å². The first-order valence-corrected chi connectivity index (χ1v) is 6.89. The average molecular weight is 309 g/mol. The lowest BCUT2D eigenvalue weighted by Gasteiger charge is -2.03. The minimum Gasteiger partial charge on any atom is -0.480 e. The molecule has 0 unspecified atom stereocenters. The number of nitro groups is 1. The van der Waals surface area contributed by atoms with Crippen LogP contribution in [-0.4, -0.2) is 42.0 Å². The van der Waals surface area contributed by atoms with E-state index in [1.165, 1.54) is 22.5 Å². The van der Waals surface area contributed by atoms with Crippen LogP contribution >= 0.6 is 11.8 Å². The monoisotopic (exact) mass is 309 g/mol. The standard InChI is InChI=1S/C11H11N5O4S/c17-10(18)7-15-11(12-13-14-15)21-6-5-8-3-1-2-4-9(8)16(19)20/h1-4H,5-7H2,(H,17,18). The van der Waals surface area contributed by atoms with Gasteiger partial charge in [0.25, 0.3) is 5.69 Å². The Labute approximate surface area is 123 Å². The minimum atomic E-state index is -1.04. The zero-order chi connectivity index (χ0) is 15.2. The Morgan fingerprint density at radius 2 is 2.19 bits per heavy atom. The Kier molecular flexibility index (Phi) is 4.82. The molecule has 0 bridgehead atoms. The Balaban J connectivity index is 1.98. The van der Waals surface area contributed by atoms with Crippen LogP contribution in [0.3, 0.4) is 0 Å². The largest absolute Gasteiger partial charge is 0.480 e. The number of aryl methyl sites for hydroxylation is 1. The van der Waals surface area contributed by atoms with Crippen molar-refractivity contribution in [3.63, 3.8) is 0 Å². The second-order valence-corrected chi connectivity index (χ2v) is 5.06. The maximum atomic E-state index is 10.9. The van der Waals surface area contributed by atoms with Gasteiger partial charge in [0, 0.05) is 17.4 Å². The molecular formula is C11H11N5O4S. The fourth-order valence-electron chi connectivity index (χ4n) is 1.68. The van der Waals surface area contributed by atoms with Gasteiger partial charge in [-0.3, -0.25) is 14.9 Å². The van der Waals surface area contributed by atoms with Crippen LogP contribution in [0.1, 0.15) is 5.56 Å². The first-order valence-electron chi connectivity index (χ1n) is 5.91. The van der Waals surface area contributed by atoms with E-state index in [2.05, 4.69) is 15.5 Å². The lowest BCUT2D eigenvalue weighted by Crippen LogP contribution is -2.11. The lowest BCUT2D eigenvalue weighted by atomic mass is 10.1. The maximum Gasteiger partial charge on any atom is 0.325 e. The molecule has 10 heteroatoms. The number of nitrogens with zero attached hydrogens (tertiary/aromatic N) is 5. The first kappa shape index (κ1) is 14.9. The Morgan fingerprint density at radius 3 is 2.90 bits per heavy atom. The quantitative estimate of drug-likeness (QED) is 0.456. The van der Waals surface area contributed by atoms with Gasteiger partial charge < -0.3 is 5.11 Å². The van der Waals surface area contributed by atoms with Crippen molar-refractivity contribution in [1.82, 2.24) is 20.2 Å². The summed E-state index contributed by atoms with van der Waals surface area (Å²) in [5.74, 6) is -0.534. The van der Waals surface area contributed by atoms with E-state index < -0.39 is 10.9 Å². The highest BCUT2D eigenvalue weighted by atomic mass is 32.2. The summed E-state index contributed by atoms with van der Waals surface area (Å²) in [6, 6.07) is 6.50. The van der Waals surface area contributed by atoms with Crippen LogP contribution < -0.4 is 0 Å². The summed E-state index contributed by atoms with van der Waals surface area (Å²) in [4.78, 5) is 21.1. The molecule has 0 radical (unpaired) electrons. The molecule has 0 saturated carbocycles. The number of para-hydroxylation sites is 1. The molecule has 21 heavy (non-hydrogen) atoms. The second kappa shape index (κ2) is 6.79. The van der Waals surface area contributed by atoms with Crippen LogP contribution in [0.4, 0.5) is 5.69 Å². The minimum absolute atomic E-state index is 0.0724. The summed E-state index contributed by atoms with van der Waals surface area (Å²) in [7, 11) is 0. The number of tetrazole rings is 1. The van der Waals surface area contributed by atoms with Crippen LogP contribution in [0.15, 0.2) is 29.4 Å². The fourth-order valence-corrected chi connectivity index (χ4v) is 2.53. The molecule has 2 aromatic rings. The molecule has 1 aromatic carbocycles. The van der Waals surface area contributed by atoms with Gasteiger partial charge in [-0.05, 0) is 16.8 Å². The van der Waals surface area contributed by atoms with Gasteiger partial charge in [0.2, 0.25) is 5.16 Å². The van der Waals surface area contributed by atoms with Crippen molar-refractivity contribution in [2.75, 3.05) is 5.75 Å². The predicted molar refractivity (Wildman–Crippen MR) is 73.0 cm³/mol. The highest BCUT2D eigenvalue weighted by Gasteiger charge is 2.14. The number of thioether (sulfide) groups is 1. The normalized spacial score (nSPS) is 10.5. The second-order valence-electron chi connectivity index (χ2n) is 4.00. The molecule has 0 aliphatic carbocycles. The zero-order valence-corrected chi connectivity index (χ0v) is 11.6. The molecule has 0 spiro atoms. The van der Waals surface area contributed by atoms with Gasteiger partial charge in [0.1, 0.15) is 6.54 Å². The van der Waals surface area contributed by atoms with E-state index in [9.17, 15) is 14.9 Å². The van der Waals surface area contributed by atoms with Gasteiger partial charge in [-0.1, -0.05) is 30.0 Å². The number of aromatic nitrogens is 4. The lowest BCUT2D eigenvalue weighted by molar-refractivity contribution is -0.385. The number of nitro benzene ring substituents is 1. The van der Waals surface area contributed by atoms with Crippen LogP contribution in [-0.2, 0) is 17.8 Å². The summed E-state index contributed by atoms with van der Waals surface area (Å²) in [6.07, 6.45) is 0.460. The fraction of sp³-hybridized carbons (Fsp3) is 0.273. The SMILES string of the molecule is O=C(O)Cn1nnnc1SCCc1ccccc1[N+](=O)[O-]. The van der Waals surface area contributed by atoms with E-state index in [0.717, 1.165) is 0 Å². The van der Waals surface area contributed by atoms with Gasteiger partial charge in [-0.25, -0.2) is 4.68 Å². The Hall–Kier alpha value is -2.49. The summed E-state index contributed by atoms with van der Waals surface area (Å²) in [6.45, 7) is -0.319. The number of aliphatic carboxylic acids is 1. The predicted octanol–water partition coefficient (Wildman–Crippen LogP) is 1.00. The third-order valence-electron chi connectivity index (χ3n) is 2.57. The number of hydrogen-bond acceptors (Lipinski definition) is 7. The molecule has 0 atom stereocenters. The molecule has 1 N–H and O–H groups in total. The van der Waals surface area contributed by atoms with E-state index in [4.69, 9.17) is 5.11 Å². The molecule has 1 heterocycles. The summed E-state index contributed by atoms with van der Waals surface area (Å²) >= 11 is 1.25. The third kappa shape index (κ3) is 3.99. The highest BCUT2D eigenvalue weighted by Crippen LogP contribution is 2.21. The third-order valence-corrected chi connectivity index (χ3v) is 3.53. The molecule has 0 aliphatic heterocycles. The zero-order valence-electron chi connectivity index (χ0n) is 10.7. The molecule has 9 nitrogen and oxygen atoms in total. The number of carboxylic acids is 1. The number of hydrogen-bond donors (Lipinski definition) is 1. The van der Waals surface area contributed by atoms with E-state index in [1.54, 1.807) is 18.2 Å². The van der Waals surface area contributed by atoms with Gasteiger partial charge >= 0.3 is 5.97 Å². The number of carbonyl (C=O) groups is 1. The van der Waals surface area contributed by atoms with Crippen molar-refractivity contribution in [2.45, 2.75) is 18.1 Å². The van der Waals surface area contributed by atoms with Crippen LogP contribution in [0, 0.1) is 10.1 Å². The van der Waals surface area contributed by atoms with Crippen molar-refractivity contribution in [2.24, 2.45) is 0 Å². The van der Waals surface area contributed by atoms with Crippen LogP contribution in [0.5, 0.6) is 0 Å². The topological polar surface area (TPSA) is 124 Å². The molecular weight excluding hydrogens is 298 g/mol. The molecule has 0 amide bonds. The molecule has 1 aromatic heterocycles. The first-order chi connectivity index (χ1) is 10.1. The number of carboxylic acid groups (broad SMARTS) is 1. The molecule has 0 saturated heterocycles. The van der Waals surface area contributed by atoms with Crippen molar-refractivity contribution < 1.29 is 14.8 Å². The van der Waals surface area contributed by atoms with Crippen LogP contribution in [0.2, 0.25) is 0 Å². The van der Waals surface area contributed by atoms with Crippen molar-refractivity contribution >= 4 is 23.4 Å². The number of benzene rings is 1. The molecule has 2 rings (SSSR count). The smallest absolute Gasteiger partial charge is 0.325 e. The van der Waals surface area contributed by atoms with Gasteiger partial charge in [-0.15, -0.1) is 5.10 Å². The maximum absolute atomic E-state index is 10.9. The summed E-state index contributed by atoms with van der Waals surface area (Å²) in [5.41, 5.74) is 0.690. The van der Waals surface area contributed by atoms with E-state index in [-0.39, 0.29) is 12.2 Å². The van der Waals surface area contributed by atoms with Crippen molar-refractivity contribution in [1.29, 1.82) is 0 Å². The highest BCUT2D eigenvalue weighted by molar-refractivity contribution is 7.99. The van der Waals surface area contributed by atoms with E-state index in [0.29, 0.717) is 22.9 Å². The van der Waals surface area contributed by atoms with Crippen molar-refractivity contribution in [3.05, 3.63) is 39.9 Å². The molecule has 0 fully saturated rings. The van der Waals surface area contributed by atoms with Crippen molar-refractivity contribution in [3.8, 4) is 0 Å². The van der Waals surface area contributed by atoms with E-state index >= 15 is 0 Å². The van der Waals surface area contributed by atoms with E-state index in [1.807, 2.05) is 0 Å².